The Kier molecular flexibility index (Phi) is 3.53. The van der Waals surface area contributed by atoms with Gasteiger partial charge in [-0.15, -0.1) is 0 Å². The second-order valence-electron chi connectivity index (χ2n) is 8.43. The quantitative estimate of drug-likeness (QED) is 0.935. The van der Waals surface area contributed by atoms with Crippen molar-refractivity contribution in [3.8, 4) is 0 Å². The number of rotatable bonds is 3. The summed E-state index contributed by atoms with van der Waals surface area (Å²) in [5.41, 5.74) is 0.172. The third-order valence-corrected chi connectivity index (χ3v) is 7.18. The molecule has 25 heavy (non-hydrogen) atoms. The average Bonchev–Trinajstić information content (AvgIpc) is 2.91. The predicted octanol–water partition coefficient (Wildman–Crippen LogP) is 2.73. The normalized spacial score (nSPS) is 29.9. The van der Waals surface area contributed by atoms with Crippen molar-refractivity contribution in [2.75, 3.05) is 0 Å². The third kappa shape index (κ3) is 2.32. The van der Waals surface area contributed by atoms with Crippen molar-refractivity contribution in [1.82, 2.24) is 15.1 Å². The Morgan fingerprint density at radius 1 is 1.32 bits per heavy atom. The van der Waals surface area contributed by atoms with Gasteiger partial charge in [-0.05, 0) is 42.1 Å². The zero-order chi connectivity index (χ0) is 17.8. The fourth-order valence-electron chi connectivity index (χ4n) is 5.04. The molecule has 1 aromatic heterocycles. The minimum atomic E-state index is -0.215. The van der Waals surface area contributed by atoms with Gasteiger partial charge in [0.05, 0.1) is 11.6 Å². The van der Waals surface area contributed by atoms with Crippen molar-refractivity contribution in [3.63, 3.8) is 0 Å². The zero-order valence-electron chi connectivity index (χ0n) is 15.1. The van der Waals surface area contributed by atoms with E-state index < -0.39 is 0 Å². The Balaban J connectivity index is 1.52. The van der Waals surface area contributed by atoms with Gasteiger partial charge in [-0.1, -0.05) is 39.0 Å². The number of fused-ring (bicyclic) bond motifs is 3. The van der Waals surface area contributed by atoms with E-state index in [1.165, 1.54) is 11.1 Å². The van der Waals surface area contributed by atoms with E-state index in [-0.39, 0.29) is 34.9 Å². The number of aromatic nitrogens is 2. The fraction of sp³-hybridized carbons (Fsp3) is 0.550. The van der Waals surface area contributed by atoms with Crippen molar-refractivity contribution in [1.29, 1.82) is 0 Å². The molecule has 0 saturated heterocycles. The molecule has 0 spiro atoms. The first-order valence-electron chi connectivity index (χ1n) is 9.07. The second kappa shape index (κ2) is 5.41. The van der Waals surface area contributed by atoms with E-state index in [0.29, 0.717) is 11.3 Å². The van der Waals surface area contributed by atoms with Gasteiger partial charge in [0.2, 0.25) is 5.91 Å². The molecule has 3 atom stereocenters. The summed E-state index contributed by atoms with van der Waals surface area (Å²) in [4.78, 5) is 25.1. The molecular weight excluding hydrogens is 314 g/mol. The first-order valence-corrected chi connectivity index (χ1v) is 9.07. The number of nitrogens with zero attached hydrogens (tertiary/aromatic N) is 2. The number of carbonyl (C=O) groups is 1. The van der Waals surface area contributed by atoms with Gasteiger partial charge in [-0.2, -0.15) is 5.10 Å². The van der Waals surface area contributed by atoms with E-state index in [0.717, 1.165) is 18.2 Å². The zero-order valence-corrected chi connectivity index (χ0v) is 15.1. The van der Waals surface area contributed by atoms with Gasteiger partial charge in [-0.3, -0.25) is 9.59 Å². The average molecular weight is 339 g/mol. The van der Waals surface area contributed by atoms with Crippen LogP contribution in [0.5, 0.6) is 0 Å². The Morgan fingerprint density at radius 3 is 2.76 bits per heavy atom. The van der Waals surface area contributed by atoms with Crippen LogP contribution in [0.15, 0.2) is 35.3 Å². The molecule has 4 rings (SSSR count). The number of hydrogen-bond donors (Lipinski definition) is 1. The number of benzene rings is 1. The fourth-order valence-corrected chi connectivity index (χ4v) is 5.04. The lowest BCUT2D eigenvalue weighted by Gasteiger charge is -2.39. The smallest absolute Gasteiger partial charge is 0.275 e. The first-order chi connectivity index (χ1) is 11.8. The number of carbonyl (C=O) groups excluding carboxylic acids is 1. The summed E-state index contributed by atoms with van der Waals surface area (Å²) in [7, 11) is 0. The van der Waals surface area contributed by atoms with Crippen LogP contribution in [-0.2, 0) is 11.3 Å². The lowest BCUT2D eigenvalue weighted by atomic mass is 9.69. The Bertz CT molecular complexity index is 901. The van der Waals surface area contributed by atoms with E-state index in [2.05, 4.69) is 31.2 Å². The standard InChI is InChI=1S/C20H25N3O2/c1-19(2)14-8-9-20(19,3)16(10-14)22-17(24)12-23-18(25)15-7-5-4-6-13(15)11-21-23/h4-7,11,14,16H,8-10,12H2,1-3H3,(H,22,24). The van der Waals surface area contributed by atoms with Crippen molar-refractivity contribution in [3.05, 3.63) is 40.8 Å². The van der Waals surface area contributed by atoms with E-state index in [1.807, 2.05) is 18.2 Å². The number of nitrogens with one attached hydrogen (secondary N) is 1. The molecule has 1 N–H and O–H groups in total. The molecule has 2 bridgehead atoms. The molecule has 132 valence electrons. The molecule has 3 unspecified atom stereocenters. The summed E-state index contributed by atoms with van der Waals surface area (Å²) >= 11 is 0. The molecular formula is C20H25N3O2. The summed E-state index contributed by atoms with van der Waals surface area (Å²) < 4.78 is 1.26. The summed E-state index contributed by atoms with van der Waals surface area (Å²) in [6, 6.07) is 7.51. The molecule has 1 amide bonds. The minimum absolute atomic E-state index is 0.0264. The second-order valence-corrected chi connectivity index (χ2v) is 8.43. The van der Waals surface area contributed by atoms with Crippen LogP contribution in [0.25, 0.3) is 10.8 Å². The molecule has 1 heterocycles. The molecule has 2 saturated carbocycles. The van der Waals surface area contributed by atoms with Crippen LogP contribution in [0, 0.1) is 16.7 Å². The van der Waals surface area contributed by atoms with Gasteiger partial charge in [-0.25, -0.2) is 4.68 Å². The maximum Gasteiger partial charge on any atom is 0.275 e. The van der Waals surface area contributed by atoms with E-state index in [9.17, 15) is 9.59 Å². The number of hydrogen-bond acceptors (Lipinski definition) is 3. The highest BCUT2D eigenvalue weighted by molar-refractivity contribution is 5.81. The van der Waals surface area contributed by atoms with Gasteiger partial charge in [0, 0.05) is 11.4 Å². The maximum atomic E-state index is 12.6. The molecule has 0 radical (unpaired) electrons. The van der Waals surface area contributed by atoms with Crippen LogP contribution in [0.2, 0.25) is 0 Å². The minimum Gasteiger partial charge on any atom is -0.351 e. The highest BCUT2D eigenvalue weighted by Gasteiger charge is 2.61. The van der Waals surface area contributed by atoms with Crippen LogP contribution >= 0.6 is 0 Å². The monoisotopic (exact) mass is 339 g/mol. The summed E-state index contributed by atoms with van der Waals surface area (Å²) in [5, 5.41) is 8.74. The van der Waals surface area contributed by atoms with Gasteiger partial charge in [0.15, 0.2) is 0 Å². The van der Waals surface area contributed by atoms with Crippen molar-refractivity contribution in [2.24, 2.45) is 16.7 Å². The largest absolute Gasteiger partial charge is 0.351 e. The summed E-state index contributed by atoms with van der Waals surface area (Å²) in [5.74, 6) is 0.545. The maximum absolute atomic E-state index is 12.6. The molecule has 0 aliphatic heterocycles. The molecule has 2 aromatic rings. The molecule has 2 fully saturated rings. The van der Waals surface area contributed by atoms with E-state index in [1.54, 1.807) is 12.3 Å². The van der Waals surface area contributed by atoms with Crippen LogP contribution in [0.3, 0.4) is 0 Å². The third-order valence-electron chi connectivity index (χ3n) is 7.18. The van der Waals surface area contributed by atoms with Crippen LogP contribution in [0.4, 0.5) is 0 Å². The Labute approximate surface area is 147 Å². The van der Waals surface area contributed by atoms with E-state index >= 15 is 0 Å². The molecule has 1 aromatic carbocycles. The summed E-state index contributed by atoms with van der Waals surface area (Å²) in [6.07, 6.45) is 5.09. The highest BCUT2D eigenvalue weighted by atomic mass is 16.2. The Hall–Kier alpha value is -2.17. The summed E-state index contributed by atoms with van der Waals surface area (Å²) in [6.45, 7) is 6.92. The van der Waals surface area contributed by atoms with Crippen molar-refractivity contribution >= 4 is 16.7 Å². The number of amides is 1. The highest BCUT2D eigenvalue weighted by Crippen LogP contribution is 2.65. The topological polar surface area (TPSA) is 64.0 Å². The van der Waals surface area contributed by atoms with Gasteiger partial charge < -0.3 is 5.32 Å². The lowest BCUT2D eigenvalue weighted by molar-refractivity contribution is -0.123. The van der Waals surface area contributed by atoms with Crippen LogP contribution in [-0.4, -0.2) is 21.7 Å². The van der Waals surface area contributed by atoms with Gasteiger partial charge >= 0.3 is 0 Å². The molecule has 2 aliphatic rings. The van der Waals surface area contributed by atoms with Crippen LogP contribution < -0.4 is 10.9 Å². The first kappa shape index (κ1) is 16.3. The lowest BCUT2D eigenvalue weighted by Crippen LogP contribution is -2.48. The predicted molar refractivity (Wildman–Crippen MR) is 97.2 cm³/mol. The molecule has 2 aliphatic carbocycles. The van der Waals surface area contributed by atoms with Crippen LogP contribution in [0.1, 0.15) is 40.0 Å². The van der Waals surface area contributed by atoms with Gasteiger partial charge in [0.1, 0.15) is 6.54 Å². The van der Waals surface area contributed by atoms with Crippen molar-refractivity contribution in [2.45, 2.75) is 52.6 Å². The van der Waals surface area contributed by atoms with Crippen molar-refractivity contribution < 1.29 is 4.79 Å². The van der Waals surface area contributed by atoms with E-state index in [4.69, 9.17) is 0 Å². The Morgan fingerprint density at radius 2 is 2.08 bits per heavy atom. The SMILES string of the molecule is CC1(C)C2CCC1(C)C(NC(=O)Cn1ncc3ccccc3c1=O)C2. The molecule has 5 nitrogen and oxygen atoms in total. The molecule has 5 heteroatoms. The van der Waals surface area contributed by atoms with Gasteiger partial charge in [0.25, 0.3) is 5.56 Å².